The maximum atomic E-state index is 11.3. The summed E-state index contributed by atoms with van der Waals surface area (Å²) in [6.07, 6.45) is 1.78. The lowest BCUT2D eigenvalue weighted by Gasteiger charge is -2.27. The highest BCUT2D eigenvalue weighted by Gasteiger charge is 2.41. The third kappa shape index (κ3) is 3.73. The first-order valence-electron chi connectivity index (χ1n) is 8.66. The van der Waals surface area contributed by atoms with Crippen LogP contribution in [0.4, 0.5) is 11.4 Å². The lowest BCUT2D eigenvalue weighted by atomic mass is 10.0. The number of amides is 1. The van der Waals surface area contributed by atoms with Crippen LogP contribution in [-0.4, -0.2) is 16.0 Å². The van der Waals surface area contributed by atoms with Crippen LogP contribution in [0.2, 0.25) is 4.34 Å². The summed E-state index contributed by atoms with van der Waals surface area (Å²) < 4.78 is 0.730. The summed E-state index contributed by atoms with van der Waals surface area (Å²) in [6.45, 7) is 1.49. The van der Waals surface area contributed by atoms with Crippen LogP contribution in [0.1, 0.15) is 29.6 Å². The van der Waals surface area contributed by atoms with E-state index in [1.165, 1.54) is 18.3 Å². The lowest BCUT2D eigenvalue weighted by molar-refractivity contribution is -0.114. The fourth-order valence-electron chi connectivity index (χ4n) is 3.32. The second-order valence-electron chi connectivity index (χ2n) is 6.37. The third-order valence-corrected chi connectivity index (χ3v) is 6.07. The van der Waals surface area contributed by atoms with Crippen LogP contribution in [0, 0.1) is 0 Å². The minimum absolute atomic E-state index is 0.0773. The zero-order chi connectivity index (χ0) is 19.7. The smallest absolute Gasteiger partial charge is 0.221 e. The van der Waals surface area contributed by atoms with Crippen LogP contribution in [0.15, 0.2) is 60.8 Å². The molecule has 1 amide bonds. The molecule has 3 heterocycles. The van der Waals surface area contributed by atoms with Crippen molar-refractivity contribution in [1.82, 2.24) is 10.3 Å². The maximum absolute atomic E-state index is 11.3. The summed E-state index contributed by atoms with van der Waals surface area (Å²) in [5.74, 6) is -0.104. The van der Waals surface area contributed by atoms with Gasteiger partial charge in [0, 0.05) is 29.4 Å². The van der Waals surface area contributed by atoms with Crippen molar-refractivity contribution in [2.24, 2.45) is 0 Å². The van der Waals surface area contributed by atoms with Crippen molar-refractivity contribution < 1.29 is 4.79 Å². The van der Waals surface area contributed by atoms with Crippen molar-refractivity contribution >= 4 is 57.5 Å². The van der Waals surface area contributed by atoms with E-state index in [1.54, 1.807) is 6.20 Å². The zero-order valence-corrected chi connectivity index (χ0v) is 17.3. The van der Waals surface area contributed by atoms with Crippen LogP contribution in [-0.2, 0) is 4.79 Å². The molecule has 3 aromatic rings. The number of anilines is 2. The van der Waals surface area contributed by atoms with Gasteiger partial charge in [0.1, 0.15) is 0 Å². The van der Waals surface area contributed by atoms with Gasteiger partial charge in [0.2, 0.25) is 5.91 Å². The Balaban J connectivity index is 1.74. The van der Waals surface area contributed by atoms with E-state index in [4.69, 9.17) is 23.8 Å². The van der Waals surface area contributed by atoms with Crippen LogP contribution >= 0.6 is 35.2 Å². The maximum Gasteiger partial charge on any atom is 0.221 e. The number of nitrogens with one attached hydrogen (secondary N) is 2. The summed E-state index contributed by atoms with van der Waals surface area (Å²) in [4.78, 5) is 19.0. The molecule has 28 heavy (non-hydrogen) atoms. The monoisotopic (exact) mass is 428 g/mol. The predicted octanol–water partition coefficient (Wildman–Crippen LogP) is 4.93. The lowest BCUT2D eigenvalue weighted by Crippen LogP contribution is -2.29. The number of thiocarbonyl (C=S) groups is 1. The van der Waals surface area contributed by atoms with Crippen molar-refractivity contribution in [3.05, 3.63) is 75.7 Å². The van der Waals surface area contributed by atoms with Crippen molar-refractivity contribution in [3.63, 3.8) is 0 Å². The normalized spacial score (nSPS) is 18.8. The SMILES string of the molecule is CC(=O)Nc1ccc(N2C(=S)N[C@H](c3ccccn3)[C@@H]2c2ccc(Cl)s2)cc1. The molecule has 5 nitrogen and oxygen atoms in total. The summed E-state index contributed by atoms with van der Waals surface area (Å²) in [7, 11) is 0. The number of pyridine rings is 1. The molecule has 0 radical (unpaired) electrons. The van der Waals surface area contributed by atoms with E-state index in [1.807, 2.05) is 54.6 Å². The molecule has 1 aliphatic rings. The van der Waals surface area contributed by atoms with Crippen LogP contribution < -0.4 is 15.5 Å². The van der Waals surface area contributed by atoms with E-state index in [-0.39, 0.29) is 18.0 Å². The quantitative estimate of drug-likeness (QED) is 0.577. The van der Waals surface area contributed by atoms with Gasteiger partial charge in [-0.3, -0.25) is 9.78 Å². The average molecular weight is 429 g/mol. The number of hydrogen-bond acceptors (Lipinski definition) is 4. The molecule has 0 saturated carbocycles. The number of thiophene rings is 1. The Labute approximate surface area is 177 Å². The first-order valence-corrected chi connectivity index (χ1v) is 10.3. The standard InChI is InChI=1S/C20H17ClN4OS2/c1-12(26)23-13-5-7-14(8-6-13)25-19(16-9-10-17(21)28-16)18(24-20(25)27)15-4-2-3-11-22-15/h2-11,18-19H,1H3,(H,23,26)(H,24,27)/t18-,19+/m1/s1. The van der Waals surface area contributed by atoms with Gasteiger partial charge in [-0.05, 0) is 60.7 Å². The minimum atomic E-state index is -0.104. The van der Waals surface area contributed by atoms with Gasteiger partial charge in [0.25, 0.3) is 0 Å². The fraction of sp³-hybridized carbons (Fsp3) is 0.150. The van der Waals surface area contributed by atoms with E-state index in [2.05, 4.69) is 20.5 Å². The van der Waals surface area contributed by atoms with E-state index >= 15 is 0 Å². The largest absolute Gasteiger partial charge is 0.351 e. The highest BCUT2D eigenvalue weighted by Crippen LogP contribution is 2.44. The number of halogens is 1. The summed E-state index contributed by atoms with van der Waals surface area (Å²) in [5, 5.41) is 6.82. The molecule has 1 fully saturated rings. The van der Waals surface area contributed by atoms with Crippen LogP contribution in [0.5, 0.6) is 0 Å². The molecule has 0 spiro atoms. The van der Waals surface area contributed by atoms with Crippen molar-refractivity contribution in [2.45, 2.75) is 19.0 Å². The van der Waals surface area contributed by atoms with Gasteiger partial charge in [0.15, 0.2) is 5.11 Å². The number of hydrogen-bond donors (Lipinski definition) is 2. The summed E-state index contributed by atoms with van der Waals surface area (Å²) in [5.41, 5.74) is 2.59. The molecule has 1 aliphatic heterocycles. The number of nitrogens with zero attached hydrogens (tertiary/aromatic N) is 2. The molecule has 1 saturated heterocycles. The molecular weight excluding hydrogens is 412 g/mol. The molecule has 0 aliphatic carbocycles. The molecular formula is C20H17ClN4OS2. The molecule has 2 aromatic heterocycles. The Bertz CT molecular complexity index is 1010. The molecule has 2 atom stereocenters. The van der Waals surface area contributed by atoms with Gasteiger partial charge in [-0.15, -0.1) is 11.3 Å². The van der Waals surface area contributed by atoms with E-state index < -0.39 is 0 Å². The molecule has 4 rings (SSSR count). The Hall–Kier alpha value is -2.48. The van der Waals surface area contributed by atoms with E-state index in [0.717, 1.165) is 26.3 Å². The Morgan fingerprint density at radius 3 is 2.61 bits per heavy atom. The van der Waals surface area contributed by atoms with Gasteiger partial charge < -0.3 is 15.5 Å². The first kappa shape index (κ1) is 18.9. The molecule has 0 unspecified atom stereocenters. The fourth-order valence-corrected chi connectivity index (χ4v) is 4.85. The first-order chi connectivity index (χ1) is 13.5. The number of rotatable bonds is 4. The van der Waals surface area contributed by atoms with Gasteiger partial charge in [-0.25, -0.2) is 0 Å². The van der Waals surface area contributed by atoms with Crippen molar-refractivity contribution in [3.8, 4) is 0 Å². The molecule has 8 heteroatoms. The molecule has 1 aromatic carbocycles. The molecule has 0 bridgehead atoms. The minimum Gasteiger partial charge on any atom is -0.351 e. The van der Waals surface area contributed by atoms with Gasteiger partial charge in [-0.1, -0.05) is 17.7 Å². The summed E-state index contributed by atoms with van der Waals surface area (Å²) >= 11 is 13.4. The van der Waals surface area contributed by atoms with Gasteiger partial charge >= 0.3 is 0 Å². The van der Waals surface area contributed by atoms with E-state index in [9.17, 15) is 4.79 Å². The second-order valence-corrected chi connectivity index (χ2v) is 8.50. The summed E-state index contributed by atoms with van der Waals surface area (Å²) in [6, 6.07) is 17.2. The zero-order valence-electron chi connectivity index (χ0n) is 14.9. The Kier molecular flexibility index (Phi) is 5.30. The van der Waals surface area contributed by atoms with Crippen LogP contribution in [0.25, 0.3) is 0 Å². The molecule has 2 N–H and O–H groups in total. The highest BCUT2D eigenvalue weighted by molar-refractivity contribution is 7.80. The second kappa shape index (κ2) is 7.87. The number of aromatic nitrogens is 1. The van der Waals surface area contributed by atoms with Crippen molar-refractivity contribution in [1.29, 1.82) is 0 Å². The third-order valence-electron chi connectivity index (χ3n) is 4.45. The molecule has 142 valence electrons. The van der Waals surface area contributed by atoms with Crippen LogP contribution in [0.3, 0.4) is 0 Å². The van der Waals surface area contributed by atoms with E-state index in [0.29, 0.717) is 5.11 Å². The van der Waals surface area contributed by atoms with Crippen molar-refractivity contribution in [2.75, 3.05) is 10.2 Å². The highest BCUT2D eigenvalue weighted by atomic mass is 35.5. The Morgan fingerprint density at radius 1 is 1.21 bits per heavy atom. The Morgan fingerprint density at radius 2 is 2.00 bits per heavy atom. The number of carbonyl (C=O) groups is 1. The topological polar surface area (TPSA) is 57.3 Å². The average Bonchev–Trinajstić information content (AvgIpc) is 3.26. The predicted molar refractivity (Wildman–Crippen MR) is 118 cm³/mol. The van der Waals surface area contributed by atoms with Gasteiger partial charge in [0.05, 0.1) is 22.1 Å². The number of benzene rings is 1. The number of carbonyl (C=O) groups excluding carboxylic acids is 1. The van der Waals surface area contributed by atoms with Gasteiger partial charge in [-0.2, -0.15) is 0 Å².